The molecule has 1 N–H and O–H groups in total. The second kappa shape index (κ2) is 6.10. The molecule has 2 aromatic carbocycles. The van der Waals surface area contributed by atoms with Gasteiger partial charge in [-0.25, -0.2) is 9.82 Å². The van der Waals surface area contributed by atoms with Gasteiger partial charge in [0, 0.05) is 11.1 Å². The van der Waals surface area contributed by atoms with Crippen molar-refractivity contribution in [3.63, 3.8) is 0 Å². The number of hydrogen-bond donors (Lipinski definition) is 1. The van der Waals surface area contributed by atoms with Crippen molar-refractivity contribution in [3.05, 3.63) is 71.0 Å². The van der Waals surface area contributed by atoms with Crippen LogP contribution < -0.4 is 5.43 Å². The Morgan fingerprint density at radius 3 is 2.45 bits per heavy atom. The summed E-state index contributed by atoms with van der Waals surface area (Å²) in [6.45, 7) is 3.66. The quantitative estimate of drug-likeness (QED) is 0.675. The molecule has 0 atom stereocenters. The van der Waals surface area contributed by atoms with Crippen molar-refractivity contribution >= 4 is 11.6 Å². The lowest BCUT2D eigenvalue weighted by Crippen LogP contribution is -2.19. The van der Waals surface area contributed by atoms with Crippen molar-refractivity contribution in [2.75, 3.05) is 0 Å². The molecule has 2 rings (SSSR count). The maximum absolute atomic E-state index is 13.1. The SMILES string of the molecule is C/C(=N\NC(=O)c1ccc(C)cc1)c1cccc(F)c1. The van der Waals surface area contributed by atoms with Gasteiger partial charge in [-0.1, -0.05) is 29.8 Å². The predicted octanol–water partition coefficient (Wildman–Crippen LogP) is 3.29. The zero-order valence-electron chi connectivity index (χ0n) is 11.4. The Bertz CT molecular complexity index is 648. The highest BCUT2D eigenvalue weighted by molar-refractivity contribution is 6.00. The number of hydrazone groups is 1. The van der Waals surface area contributed by atoms with Crippen LogP contribution >= 0.6 is 0 Å². The number of aryl methyl sites for hydroxylation is 1. The molecule has 0 aliphatic heterocycles. The Balaban J connectivity index is 2.08. The second-order valence-electron chi connectivity index (χ2n) is 4.51. The van der Waals surface area contributed by atoms with Crippen molar-refractivity contribution in [2.24, 2.45) is 5.10 Å². The minimum atomic E-state index is -0.332. The van der Waals surface area contributed by atoms with Gasteiger partial charge in [-0.05, 0) is 38.1 Å². The van der Waals surface area contributed by atoms with Crippen molar-refractivity contribution < 1.29 is 9.18 Å². The van der Waals surface area contributed by atoms with E-state index in [0.717, 1.165) is 5.56 Å². The molecule has 0 saturated heterocycles. The lowest BCUT2D eigenvalue weighted by molar-refractivity contribution is 0.0955. The summed E-state index contributed by atoms with van der Waals surface area (Å²) in [7, 11) is 0. The Morgan fingerprint density at radius 2 is 1.80 bits per heavy atom. The molecule has 0 radical (unpaired) electrons. The highest BCUT2D eigenvalue weighted by Crippen LogP contribution is 2.05. The zero-order valence-corrected chi connectivity index (χ0v) is 11.4. The van der Waals surface area contributed by atoms with E-state index in [4.69, 9.17) is 0 Å². The van der Waals surface area contributed by atoms with E-state index in [-0.39, 0.29) is 11.7 Å². The van der Waals surface area contributed by atoms with Crippen molar-refractivity contribution in [1.29, 1.82) is 0 Å². The number of rotatable bonds is 3. The van der Waals surface area contributed by atoms with Gasteiger partial charge in [0.05, 0.1) is 5.71 Å². The summed E-state index contributed by atoms with van der Waals surface area (Å²) in [6.07, 6.45) is 0. The molecular weight excluding hydrogens is 255 g/mol. The molecule has 0 fully saturated rings. The molecule has 20 heavy (non-hydrogen) atoms. The van der Waals surface area contributed by atoms with Crippen LogP contribution in [0.4, 0.5) is 4.39 Å². The molecular formula is C16H15FN2O. The Morgan fingerprint density at radius 1 is 1.10 bits per heavy atom. The molecule has 2 aromatic rings. The summed E-state index contributed by atoms with van der Waals surface area (Å²) in [5.41, 5.74) is 5.26. The fourth-order valence-electron chi connectivity index (χ4n) is 1.68. The lowest BCUT2D eigenvalue weighted by Gasteiger charge is -2.03. The Labute approximate surface area is 117 Å². The average Bonchev–Trinajstić information content (AvgIpc) is 2.45. The van der Waals surface area contributed by atoms with E-state index in [1.54, 1.807) is 31.2 Å². The highest BCUT2D eigenvalue weighted by Gasteiger charge is 2.04. The number of carbonyl (C=O) groups is 1. The standard InChI is InChI=1S/C16H15FN2O/c1-11-6-8-13(9-7-11)16(20)19-18-12(2)14-4-3-5-15(17)10-14/h3-10H,1-2H3,(H,19,20)/b18-12+. The van der Waals surface area contributed by atoms with Gasteiger partial charge in [0.15, 0.2) is 0 Å². The molecule has 0 heterocycles. The van der Waals surface area contributed by atoms with Gasteiger partial charge in [-0.2, -0.15) is 5.10 Å². The van der Waals surface area contributed by atoms with Crippen LogP contribution in [0.2, 0.25) is 0 Å². The number of hydrogen-bond acceptors (Lipinski definition) is 2. The topological polar surface area (TPSA) is 41.5 Å². The van der Waals surface area contributed by atoms with Crippen LogP contribution in [0.25, 0.3) is 0 Å². The summed E-state index contributed by atoms with van der Waals surface area (Å²) < 4.78 is 13.1. The van der Waals surface area contributed by atoms with Gasteiger partial charge >= 0.3 is 0 Å². The summed E-state index contributed by atoms with van der Waals surface area (Å²) in [5.74, 6) is -0.623. The van der Waals surface area contributed by atoms with E-state index in [0.29, 0.717) is 16.8 Å². The van der Waals surface area contributed by atoms with Crippen LogP contribution in [0, 0.1) is 12.7 Å². The lowest BCUT2D eigenvalue weighted by atomic mass is 10.1. The van der Waals surface area contributed by atoms with Crippen molar-refractivity contribution in [3.8, 4) is 0 Å². The summed E-state index contributed by atoms with van der Waals surface area (Å²) in [4.78, 5) is 11.9. The Hall–Kier alpha value is -2.49. The molecule has 0 aliphatic carbocycles. The maximum Gasteiger partial charge on any atom is 0.271 e. The van der Waals surface area contributed by atoms with Crippen LogP contribution in [0.15, 0.2) is 53.6 Å². The van der Waals surface area contributed by atoms with E-state index >= 15 is 0 Å². The fourth-order valence-corrected chi connectivity index (χ4v) is 1.68. The number of carbonyl (C=O) groups excluding carboxylic acids is 1. The van der Waals surface area contributed by atoms with Crippen molar-refractivity contribution in [2.45, 2.75) is 13.8 Å². The summed E-state index contributed by atoms with van der Waals surface area (Å²) >= 11 is 0. The van der Waals surface area contributed by atoms with Gasteiger partial charge in [-0.3, -0.25) is 4.79 Å². The number of halogens is 1. The van der Waals surface area contributed by atoms with Crippen LogP contribution in [0.1, 0.15) is 28.4 Å². The first kappa shape index (κ1) is 13.9. The smallest absolute Gasteiger partial charge is 0.267 e. The fraction of sp³-hybridized carbons (Fsp3) is 0.125. The monoisotopic (exact) mass is 270 g/mol. The number of benzene rings is 2. The summed E-state index contributed by atoms with van der Waals surface area (Å²) in [5, 5.41) is 3.98. The molecule has 0 saturated carbocycles. The molecule has 3 nitrogen and oxygen atoms in total. The van der Waals surface area contributed by atoms with E-state index in [1.807, 2.05) is 19.1 Å². The minimum Gasteiger partial charge on any atom is -0.267 e. The van der Waals surface area contributed by atoms with E-state index in [9.17, 15) is 9.18 Å². The number of amides is 1. The number of nitrogens with zero attached hydrogens (tertiary/aromatic N) is 1. The van der Waals surface area contributed by atoms with Crippen LogP contribution in [0.3, 0.4) is 0 Å². The first-order chi connectivity index (χ1) is 9.56. The first-order valence-corrected chi connectivity index (χ1v) is 6.23. The first-order valence-electron chi connectivity index (χ1n) is 6.23. The molecule has 102 valence electrons. The zero-order chi connectivity index (χ0) is 14.5. The van der Waals surface area contributed by atoms with E-state index < -0.39 is 0 Å². The van der Waals surface area contributed by atoms with Crippen LogP contribution in [0.5, 0.6) is 0 Å². The molecule has 1 amide bonds. The number of nitrogens with one attached hydrogen (secondary N) is 1. The maximum atomic E-state index is 13.1. The van der Waals surface area contributed by atoms with Gasteiger partial charge in [-0.15, -0.1) is 0 Å². The normalized spacial score (nSPS) is 11.2. The molecule has 4 heteroatoms. The van der Waals surface area contributed by atoms with Gasteiger partial charge < -0.3 is 0 Å². The predicted molar refractivity (Wildman–Crippen MR) is 77.3 cm³/mol. The summed E-state index contributed by atoms with van der Waals surface area (Å²) in [6, 6.07) is 13.3. The van der Waals surface area contributed by atoms with Gasteiger partial charge in [0.25, 0.3) is 5.91 Å². The third kappa shape index (κ3) is 3.51. The average molecular weight is 270 g/mol. The van der Waals surface area contributed by atoms with Crippen LogP contribution in [-0.4, -0.2) is 11.6 Å². The second-order valence-corrected chi connectivity index (χ2v) is 4.51. The molecule has 0 aliphatic rings. The van der Waals surface area contributed by atoms with Gasteiger partial charge in [0.1, 0.15) is 5.82 Å². The molecule has 0 unspecified atom stereocenters. The van der Waals surface area contributed by atoms with Gasteiger partial charge in [0.2, 0.25) is 0 Å². The third-order valence-electron chi connectivity index (χ3n) is 2.88. The minimum absolute atomic E-state index is 0.291. The van der Waals surface area contributed by atoms with Crippen molar-refractivity contribution in [1.82, 2.24) is 5.43 Å². The molecule has 0 aromatic heterocycles. The largest absolute Gasteiger partial charge is 0.271 e. The van der Waals surface area contributed by atoms with E-state index in [1.165, 1.54) is 12.1 Å². The molecule has 0 bridgehead atoms. The molecule has 0 spiro atoms. The van der Waals surface area contributed by atoms with Crippen LogP contribution in [-0.2, 0) is 0 Å². The highest BCUT2D eigenvalue weighted by atomic mass is 19.1. The third-order valence-corrected chi connectivity index (χ3v) is 2.88. The van der Waals surface area contributed by atoms with E-state index in [2.05, 4.69) is 10.5 Å². The Kier molecular flexibility index (Phi) is 4.25.